The fraction of sp³-hybridized carbons (Fsp3) is 0.154. The van der Waals surface area contributed by atoms with Crippen molar-refractivity contribution in [3.63, 3.8) is 0 Å². The third kappa shape index (κ3) is 4.73. The summed E-state index contributed by atoms with van der Waals surface area (Å²) in [7, 11) is 1.55. The summed E-state index contributed by atoms with van der Waals surface area (Å²) < 4.78 is 5.12. The molecule has 0 saturated heterocycles. The van der Waals surface area contributed by atoms with Crippen molar-refractivity contribution in [3.8, 4) is 11.1 Å². The van der Waals surface area contributed by atoms with Crippen molar-refractivity contribution in [1.82, 2.24) is 9.88 Å². The fourth-order valence-electron chi connectivity index (χ4n) is 3.57. The summed E-state index contributed by atoms with van der Waals surface area (Å²) >= 11 is 0. The van der Waals surface area contributed by atoms with E-state index in [0.717, 1.165) is 33.2 Å². The molecule has 0 aliphatic carbocycles. The normalized spacial score (nSPS) is 10.8. The van der Waals surface area contributed by atoms with Gasteiger partial charge in [0.1, 0.15) is 6.61 Å². The van der Waals surface area contributed by atoms with Gasteiger partial charge >= 0.3 is 0 Å². The van der Waals surface area contributed by atoms with Crippen LogP contribution in [0.2, 0.25) is 0 Å². The number of nitrogens with zero attached hydrogens (tertiary/aromatic N) is 2. The molecule has 0 aliphatic heterocycles. The summed E-state index contributed by atoms with van der Waals surface area (Å²) in [4.78, 5) is 19.1. The smallest absolute Gasteiger partial charge is 0.249 e. The van der Waals surface area contributed by atoms with Crippen LogP contribution in [0.1, 0.15) is 11.1 Å². The van der Waals surface area contributed by atoms with E-state index in [-0.39, 0.29) is 12.5 Å². The summed E-state index contributed by atoms with van der Waals surface area (Å²) in [5, 5.41) is 1.07. The molecule has 0 fully saturated rings. The van der Waals surface area contributed by atoms with Crippen molar-refractivity contribution < 1.29 is 9.53 Å². The summed E-state index contributed by atoms with van der Waals surface area (Å²) in [5.41, 5.74) is 5.32. The standard InChI is InChI=1S/C26H24N2O2/c1-30-19-26(29)28(18-21-15-24-11-5-6-13-25(24)27-16-21)17-20-8-7-12-23(14-20)22-9-3-2-4-10-22/h2-16H,17-19H2,1H3. The Balaban J connectivity index is 1.58. The quantitative estimate of drug-likeness (QED) is 0.438. The average molecular weight is 396 g/mol. The van der Waals surface area contributed by atoms with Crippen molar-refractivity contribution >= 4 is 16.8 Å². The first-order chi connectivity index (χ1) is 14.7. The maximum atomic E-state index is 12.8. The molecule has 1 aromatic heterocycles. The monoisotopic (exact) mass is 396 g/mol. The molecule has 1 heterocycles. The predicted octanol–water partition coefficient (Wildman–Crippen LogP) is 5.08. The molecule has 0 unspecified atom stereocenters. The Morgan fingerprint density at radius 2 is 1.57 bits per heavy atom. The van der Waals surface area contributed by atoms with Gasteiger partial charge in [0.15, 0.2) is 0 Å². The lowest BCUT2D eigenvalue weighted by atomic mass is 10.0. The zero-order chi connectivity index (χ0) is 20.8. The van der Waals surface area contributed by atoms with Gasteiger partial charge in [0.25, 0.3) is 0 Å². The number of methoxy groups -OCH3 is 1. The van der Waals surface area contributed by atoms with Crippen molar-refractivity contribution in [2.75, 3.05) is 13.7 Å². The number of benzene rings is 3. The molecule has 4 heteroatoms. The minimum absolute atomic E-state index is 0.0456. The van der Waals surface area contributed by atoms with Crippen LogP contribution in [0.25, 0.3) is 22.0 Å². The molecule has 1 amide bonds. The highest BCUT2D eigenvalue weighted by atomic mass is 16.5. The van der Waals surface area contributed by atoms with Crippen LogP contribution >= 0.6 is 0 Å². The molecule has 0 N–H and O–H groups in total. The molecule has 0 saturated carbocycles. The number of para-hydroxylation sites is 1. The third-order valence-corrected chi connectivity index (χ3v) is 5.05. The van der Waals surface area contributed by atoms with Gasteiger partial charge in [0.05, 0.1) is 5.52 Å². The molecular formula is C26H24N2O2. The minimum atomic E-state index is -0.0456. The van der Waals surface area contributed by atoms with Crippen LogP contribution in [-0.2, 0) is 22.6 Å². The van der Waals surface area contributed by atoms with Crippen LogP contribution < -0.4 is 0 Å². The number of pyridine rings is 1. The number of fused-ring (bicyclic) bond motifs is 1. The van der Waals surface area contributed by atoms with E-state index in [2.05, 4.69) is 41.4 Å². The molecule has 30 heavy (non-hydrogen) atoms. The number of carbonyl (C=O) groups excluding carboxylic acids is 1. The van der Waals surface area contributed by atoms with E-state index in [9.17, 15) is 4.79 Å². The Morgan fingerprint density at radius 1 is 0.833 bits per heavy atom. The van der Waals surface area contributed by atoms with Crippen molar-refractivity contribution in [1.29, 1.82) is 0 Å². The predicted molar refractivity (Wildman–Crippen MR) is 120 cm³/mol. The number of amides is 1. The summed E-state index contributed by atoms with van der Waals surface area (Å²) in [6, 6.07) is 28.7. The Bertz CT molecular complexity index is 1140. The fourth-order valence-corrected chi connectivity index (χ4v) is 3.57. The van der Waals surface area contributed by atoms with Crippen molar-refractivity contribution in [3.05, 3.63) is 102 Å². The van der Waals surface area contributed by atoms with Crippen molar-refractivity contribution in [2.24, 2.45) is 0 Å². The van der Waals surface area contributed by atoms with E-state index in [1.165, 1.54) is 0 Å². The Kier molecular flexibility index (Phi) is 6.16. The van der Waals surface area contributed by atoms with Crippen LogP contribution in [0.15, 0.2) is 91.1 Å². The van der Waals surface area contributed by atoms with Crippen molar-refractivity contribution in [2.45, 2.75) is 13.1 Å². The highest BCUT2D eigenvalue weighted by Gasteiger charge is 2.15. The number of ether oxygens (including phenoxy) is 1. The number of aromatic nitrogens is 1. The lowest BCUT2D eigenvalue weighted by molar-refractivity contribution is -0.136. The Labute approximate surface area is 176 Å². The van der Waals surface area contributed by atoms with Crippen LogP contribution in [0.4, 0.5) is 0 Å². The number of hydrogen-bond donors (Lipinski definition) is 0. The molecule has 4 rings (SSSR count). The van der Waals surface area contributed by atoms with Gasteiger partial charge in [-0.2, -0.15) is 0 Å². The maximum Gasteiger partial charge on any atom is 0.249 e. The van der Waals surface area contributed by atoms with Gasteiger partial charge in [0.2, 0.25) is 5.91 Å². The highest BCUT2D eigenvalue weighted by molar-refractivity contribution is 5.80. The van der Waals surface area contributed by atoms with Crippen LogP contribution in [0.5, 0.6) is 0 Å². The SMILES string of the molecule is COCC(=O)N(Cc1cccc(-c2ccccc2)c1)Cc1cnc2ccccc2c1. The molecule has 0 bridgehead atoms. The van der Waals surface area contributed by atoms with Crippen LogP contribution in [0.3, 0.4) is 0 Å². The van der Waals surface area contributed by atoms with Gasteiger partial charge in [-0.1, -0.05) is 66.7 Å². The summed E-state index contributed by atoms with van der Waals surface area (Å²) in [6.07, 6.45) is 1.84. The largest absolute Gasteiger partial charge is 0.375 e. The lowest BCUT2D eigenvalue weighted by Gasteiger charge is -2.23. The van der Waals surface area contributed by atoms with Gasteiger partial charge < -0.3 is 9.64 Å². The second-order valence-corrected chi connectivity index (χ2v) is 7.29. The van der Waals surface area contributed by atoms with E-state index >= 15 is 0 Å². The van der Waals surface area contributed by atoms with E-state index < -0.39 is 0 Å². The first kappa shape index (κ1) is 19.8. The second-order valence-electron chi connectivity index (χ2n) is 7.29. The van der Waals surface area contributed by atoms with E-state index in [0.29, 0.717) is 13.1 Å². The van der Waals surface area contributed by atoms with Gasteiger partial charge in [-0.15, -0.1) is 0 Å². The second kappa shape index (κ2) is 9.33. The lowest BCUT2D eigenvalue weighted by Crippen LogP contribution is -2.33. The van der Waals surface area contributed by atoms with Crippen LogP contribution in [-0.4, -0.2) is 29.5 Å². The number of carbonyl (C=O) groups is 1. The molecule has 0 aliphatic rings. The first-order valence-corrected chi connectivity index (χ1v) is 9.98. The minimum Gasteiger partial charge on any atom is -0.375 e. The number of hydrogen-bond acceptors (Lipinski definition) is 3. The molecule has 0 radical (unpaired) electrons. The average Bonchev–Trinajstić information content (AvgIpc) is 2.79. The van der Waals surface area contributed by atoms with Gasteiger partial charge in [0, 0.05) is 31.8 Å². The van der Waals surface area contributed by atoms with Gasteiger partial charge in [-0.05, 0) is 40.5 Å². The molecule has 0 spiro atoms. The van der Waals surface area contributed by atoms with Crippen LogP contribution in [0, 0.1) is 0 Å². The molecular weight excluding hydrogens is 372 g/mol. The molecule has 4 nitrogen and oxygen atoms in total. The Morgan fingerprint density at radius 3 is 2.40 bits per heavy atom. The molecule has 3 aromatic carbocycles. The molecule has 4 aromatic rings. The summed E-state index contributed by atoms with van der Waals surface area (Å²) in [5.74, 6) is -0.0456. The molecule has 0 atom stereocenters. The third-order valence-electron chi connectivity index (χ3n) is 5.05. The topological polar surface area (TPSA) is 42.4 Å². The van der Waals surface area contributed by atoms with E-state index in [1.54, 1.807) is 7.11 Å². The molecule has 150 valence electrons. The first-order valence-electron chi connectivity index (χ1n) is 9.98. The van der Waals surface area contributed by atoms with E-state index in [1.807, 2.05) is 59.6 Å². The van der Waals surface area contributed by atoms with Gasteiger partial charge in [-0.3, -0.25) is 9.78 Å². The maximum absolute atomic E-state index is 12.8. The Hall–Kier alpha value is -3.50. The summed E-state index contributed by atoms with van der Waals surface area (Å²) in [6.45, 7) is 1.05. The number of rotatable bonds is 7. The highest BCUT2D eigenvalue weighted by Crippen LogP contribution is 2.22. The van der Waals surface area contributed by atoms with Gasteiger partial charge in [-0.25, -0.2) is 0 Å². The zero-order valence-electron chi connectivity index (χ0n) is 17.0. The zero-order valence-corrected chi connectivity index (χ0v) is 17.0. The van der Waals surface area contributed by atoms with E-state index in [4.69, 9.17) is 4.74 Å².